The monoisotopic (exact) mass is 270 g/mol. The molecule has 0 amide bonds. The Bertz CT molecular complexity index is 325. The second-order valence-corrected chi connectivity index (χ2v) is 4.86. The number of aryl methyl sites for hydroxylation is 1. The molecule has 2 unspecified atom stereocenters. The van der Waals surface area contributed by atoms with E-state index < -0.39 is 0 Å². The van der Waals surface area contributed by atoms with Gasteiger partial charge >= 0.3 is 0 Å². The summed E-state index contributed by atoms with van der Waals surface area (Å²) < 4.78 is 1.05. The molecule has 0 aliphatic heterocycles. The minimum atomic E-state index is 0.461. The second kappa shape index (κ2) is 5.61. The third-order valence-electron chi connectivity index (χ3n) is 2.94. The summed E-state index contributed by atoms with van der Waals surface area (Å²) in [6.45, 7) is 6.54. The van der Waals surface area contributed by atoms with Crippen LogP contribution in [0, 0.1) is 6.92 Å². The smallest absolute Gasteiger partial charge is 0.0479 e. The zero-order chi connectivity index (χ0) is 11.4. The summed E-state index contributed by atoms with van der Waals surface area (Å²) in [6.07, 6.45) is 2.99. The van der Waals surface area contributed by atoms with Gasteiger partial charge in [0, 0.05) is 28.3 Å². The lowest BCUT2D eigenvalue weighted by Gasteiger charge is -2.23. The molecular formula is C12H19BrN2. The minimum Gasteiger partial charge on any atom is -0.317 e. The van der Waals surface area contributed by atoms with Gasteiger partial charge in [-0.2, -0.15) is 0 Å². The number of pyridine rings is 1. The molecule has 0 aliphatic rings. The molecule has 0 saturated carbocycles. The van der Waals surface area contributed by atoms with Gasteiger partial charge in [0.25, 0.3) is 0 Å². The first-order chi connectivity index (χ1) is 7.10. The maximum atomic E-state index is 4.53. The molecule has 0 bridgehead atoms. The number of hydrogen-bond acceptors (Lipinski definition) is 2. The predicted octanol–water partition coefficient (Wildman–Crippen LogP) is 3.25. The van der Waals surface area contributed by atoms with Crippen LogP contribution in [0.15, 0.2) is 16.7 Å². The average molecular weight is 271 g/mol. The van der Waals surface area contributed by atoms with Crippen LogP contribution in [0.3, 0.4) is 0 Å². The van der Waals surface area contributed by atoms with Crippen molar-refractivity contribution < 1.29 is 0 Å². The van der Waals surface area contributed by atoms with Crippen molar-refractivity contribution in [1.29, 1.82) is 0 Å². The molecule has 0 spiro atoms. The topological polar surface area (TPSA) is 24.9 Å². The van der Waals surface area contributed by atoms with E-state index in [-0.39, 0.29) is 0 Å². The normalized spacial score (nSPS) is 15.0. The summed E-state index contributed by atoms with van der Waals surface area (Å²) in [5.74, 6) is 0.489. The molecule has 0 radical (unpaired) electrons. The first-order valence-corrected chi connectivity index (χ1v) is 6.18. The van der Waals surface area contributed by atoms with E-state index in [1.807, 2.05) is 13.2 Å². The molecule has 0 fully saturated rings. The van der Waals surface area contributed by atoms with E-state index in [4.69, 9.17) is 0 Å². The highest BCUT2D eigenvalue weighted by Crippen LogP contribution is 2.25. The fourth-order valence-electron chi connectivity index (χ4n) is 1.92. The van der Waals surface area contributed by atoms with E-state index in [0.717, 1.165) is 10.9 Å². The van der Waals surface area contributed by atoms with Gasteiger partial charge in [0.2, 0.25) is 0 Å². The fraction of sp³-hybridized carbons (Fsp3) is 0.583. The Labute approximate surface area is 101 Å². The first-order valence-electron chi connectivity index (χ1n) is 5.39. The summed E-state index contributed by atoms with van der Waals surface area (Å²) in [6, 6.07) is 2.59. The van der Waals surface area contributed by atoms with E-state index in [1.165, 1.54) is 11.3 Å². The minimum absolute atomic E-state index is 0.461. The SMILES string of the molecule is CCC(c1ncc(Br)cc1C)C(C)NC. The molecule has 1 aromatic rings. The van der Waals surface area contributed by atoms with Gasteiger partial charge in [-0.05, 0) is 54.9 Å². The average Bonchev–Trinajstić information content (AvgIpc) is 2.21. The quantitative estimate of drug-likeness (QED) is 0.909. The molecule has 1 aromatic heterocycles. The van der Waals surface area contributed by atoms with E-state index >= 15 is 0 Å². The van der Waals surface area contributed by atoms with Crippen molar-refractivity contribution >= 4 is 15.9 Å². The molecule has 3 heteroatoms. The molecular weight excluding hydrogens is 252 g/mol. The zero-order valence-corrected chi connectivity index (χ0v) is 11.4. The number of halogens is 1. The number of nitrogens with zero attached hydrogens (tertiary/aromatic N) is 1. The van der Waals surface area contributed by atoms with Gasteiger partial charge in [-0.15, -0.1) is 0 Å². The van der Waals surface area contributed by atoms with Crippen molar-refractivity contribution in [3.8, 4) is 0 Å². The van der Waals surface area contributed by atoms with Crippen LogP contribution in [0.1, 0.15) is 37.4 Å². The van der Waals surface area contributed by atoms with Gasteiger partial charge in [0.05, 0.1) is 0 Å². The van der Waals surface area contributed by atoms with Crippen molar-refractivity contribution in [3.05, 3.63) is 28.0 Å². The van der Waals surface area contributed by atoms with Gasteiger partial charge in [-0.25, -0.2) is 0 Å². The number of nitrogens with one attached hydrogen (secondary N) is 1. The molecule has 0 aromatic carbocycles. The maximum Gasteiger partial charge on any atom is 0.0479 e. The van der Waals surface area contributed by atoms with E-state index in [1.54, 1.807) is 0 Å². The van der Waals surface area contributed by atoms with Crippen LogP contribution in [0.4, 0.5) is 0 Å². The molecule has 0 saturated heterocycles. The summed E-state index contributed by atoms with van der Waals surface area (Å²) in [5.41, 5.74) is 2.47. The van der Waals surface area contributed by atoms with Crippen molar-refractivity contribution in [2.75, 3.05) is 7.05 Å². The summed E-state index contributed by atoms with van der Waals surface area (Å²) in [4.78, 5) is 4.53. The Kier molecular flexibility index (Phi) is 4.74. The molecule has 15 heavy (non-hydrogen) atoms. The standard InChI is InChI=1S/C12H19BrN2/c1-5-11(9(3)14-4)12-8(2)6-10(13)7-15-12/h6-7,9,11,14H,5H2,1-4H3. The Morgan fingerprint density at radius 2 is 2.20 bits per heavy atom. The molecule has 0 aliphatic carbocycles. The lowest BCUT2D eigenvalue weighted by molar-refractivity contribution is 0.472. The lowest BCUT2D eigenvalue weighted by Crippen LogP contribution is -2.29. The van der Waals surface area contributed by atoms with E-state index in [9.17, 15) is 0 Å². The second-order valence-electron chi connectivity index (χ2n) is 3.95. The van der Waals surface area contributed by atoms with E-state index in [0.29, 0.717) is 12.0 Å². The van der Waals surface area contributed by atoms with Gasteiger partial charge in [0.1, 0.15) is 0 Å². The Hall–Kier alpha value is -0.410. The summed E-state index contributed by atoms with van der Waals surface area (Å²) >= 11 is 3.44. The van der Waals surface area contributed by atoms with Crippen LogP contribution >= 0.6 is 15.9 Å². The van der Waals surface area contributed by atoms with Crippen LogP contribution in [0.25, 0.3) is 0 Å². The van der Waals surface area contributed by atoms with E-state index in [2.05, 4.69) is 53.1 Å². The highest BCUT2D eigenvalue weighted by molar-refractivity contribution is 9.10. The van der Waals surface area contributed by atoms with Gasteiger partial charge in [-0.3, -0.25) is 4.98 Å². The summed E-state index contributed by atoms with van der Waals surface area (Å²) in [7, 11) is 2.00. The molecule has 84 valence electrons. The highest BCUT2D eigenvalue weighted by Gasteiger charge is 2.19. The zero-order valence-electron chi connectivity index (χ0n) is 9.84. The number of rotatable bonds is 4. The van der Waals surface area contributed by atoms with Crippen LogP contribution in [-0.2, 0) is 0 Å². The molecule has 2 atom stereocenters. The molecule has 1 N–H and O–H groups in total. The van der Waals surface area contributed by atoms with Crippen molar-refractivity contribution in [3.63, 3.8) is 0 Å². The van der Waals surface area contributed by atoms with Crippen molar-refractivity contribution in [2.45, 2.75) is 39.2 Å². The van der Waals surface area contributed by atoms with Crippen LogP contribution in [0.5, 0.6) is 0 Å². The number of likely N-dealkylation sites (N-methyl/N-ethyl adjacent to an activating group) is 1. The first kappa shape index (κ1) is 12.7. The largest absolute Gasteiger partial charge is 0.317 e. The number of hydrogen-bond donors (Lipinski definition) is 1. The Morgan fingerprint density at radius 3 is 2.67 bits per heavy atom. The Morgan fingerprint density at radius 1 is 1.53 bits per heavy atom. The van der Waals surface area contributed by atoms with Gasteiger partial charge in [0.15, 0.2) is 0 Å². The third kappa shape index (κ3) is 3.02. The van der Waals surface area contributed by atoms with Crippen molar-refractivity contribution in [1.82, 2.24) is 10.3 Å². The van der Waals surface area contributed by atoms with Crippen LogP contribution in [-0.4, -0.2) is 18.1 Å². The van der Waals surface area contributed by atoms with Crippen LogP contribution in [0.2, 0.25) is 0 Å². The fourth-order valence-corrected chi connectivity index (χ4v) is 2.37. The lowest BCUT2D eigenvalue weighted by atomic mass is 9.91. The Balaban J connectivity index is 3.01. The molecule has 1 heterocycles. The molecule has 2 nitrogen and oxygen atoms in total. The summed E-state index contributed by atoms with van der Waals surface area (Å²) in [5, 5.41) is 3.30. The molecule has 1 rings (SSSR count). The van der Waals surface area contributed by atoms with Crippen LogP contribution < -0.4 is 5.32 Å². The number of aromatic nitrogens is 1. The maximum absolute atomic E-state index is 4.53. The van der Waals surface area contributed by atoms with Gasteiger partial charge < -0.3 is 5.32 Å². The van der Waals surface area contributed by atoms with Crippen molar-refractivity contribution in [2.24, 2.45) is 0 Å². The predicted molar refractivity (Wildman–Crippen MR) is 68.2 cm³/mol. The van der Waals surface area contributed by atoms with Gasteiger partial charge in [-0.1, -0.05) is 6.92 Å². The third-order valence-corrected chi connectivity index (χ3v) is 3.37. The highest BCUT2D eigenvalue weighted by atomic mass is 79.9.